The van der Waals surface area contributed by atoms with Gasteiger partial charge >= 0.3 is 0 Å². The van der Waals surface area contributed by atoms with E-state index in [2.05, 4.69) is 15.9 Å². The number of carbonyl (C=O) groups is 1. The van der Waals surface area contributed by atoms with Gasteiger partial charge in [0.2, 0.25) is 5.78 Å². The molecule has 0 spiro atoms. The van der Waals surface area contributed by atoms with E-state index >= 15 is 0 Å². The first-order valence-electron chi connectivity index (χ1n) is 3.94. The average Bonchev–Trinajstić information content (AvgIpc) is 2.16. The standard InChI is InChI=1S/C9H8BrClO3S/c1-15(13,14)9(10,11)8(12)7-5-3-2-4-6-7/h2-6H,1H3/t9-/m0/s1. The minimum Gasteiger partial charge on any atom is -0.290 e. The van der Waals surface area contributed by atoms with Gasteiger partial charge in [-0.1, -0.05) is 41.9 Å². The van der Waals surface area contributed by atoms with Gasteiger partial charge in [-0.2, -0.15) is 0 Å². The van der Waals surface area contributed by atoms with Crippen molar-refractivity contribution in [3.8, 4) is 0 Å². The first-order chi connectivity index (χ1) is 6.77. The molecule has 0 N–H and O–H groups in total. The van der Waals surface area contributed by atoms with Crippen LogP contribution in [0.25, 0.3) is 0 Å². The van der Waals surface area contributed by atoms with Crippen LogP contribution < -0.4 is 0 Å². The van der Waals surface area contributed by atoms with Crippen LogP contribution in [0.4, 0.5) is 0 Å². The highest BCUT2D eigenvalue weighted by atomic mass is 79.9. The Hall–Kier alpha value is -0.390. The summed E-state index contributed by atoms with van der Waals surface area (Å²) in [5.74, 6) is -0.688. The molecule has 15 heavy (non-hydrogen) atoms. The minimum atomic E-state index is -3.72. The molecule has 1 aromatic rings. The van der Waals surface area contributed by atoms with Gasteiger partial charge < -0.3 is 0 Å². The van der Waals surface area contributed by atoms with Crippen LogP contribution in [0.5, 0.6) is 0 Å². The van der Waals surface area contributed by atoms with Crippen molar-refractivity contribution in [1.82, 2.24) is 0 Å². The van der Waals surface area contributed by atoms with E-state index in [0.29, 0.717) is 0 Å². The molecule has 6 heteroatoms. The lowest BCUT2D eigenvalue weighted by Crippen LogP contribution is -2.34. The van der Waals surface area contributed by atoms with Crippen molar-refractivity contribution in [2.75, 3.05) is 6.26 Å². The maximum atomic E-state index is 11.8. The van der Waals surface area contributed by atoms with Crippen LogP contribution in [-0.2, 0) is 9.84 Å². The Morgan fingerprint density at radius 1 is 1.33 bits per heavy atom. The van der Waals surface area contributed by atoms with Crippen LogP contribution in [0.1, 0.15) is 10.4 Å². The van der Waals surface area contributed by atoms with Gasteiger partial charge in [0, 0.05) is 11.8 Å². The van der Waals surface area contributed by atoms with Crippen molar-refractivity contribution in [2.45, 2.75) is 3.12 Å². The lowest BCUT2D eigenvalue weighted by Gasteiger charge is -2.15. The second-order valence-corrected chi connectivity index (χ2v) is 8.10. The van der Waals surface area contributed by atoms with Crippen molar-refractivity contribution in [2.24, 2.45) is 0 Å². The van der Waals surface area contributed by atoms with Crippen LogP contribution in [0.15, 0.2) is 30.3 Å². The number of rotatable bonds is 3. The molecule has 0 heterocycles. The predicted molar refractivity (Wildman–Crippen MR) is 63.1 cm³/mol. The number of ketones is 1. The lowest BCUT2D eigenvalue weighted by molar-refractivity contribution is 0.1000. The molecular weight excluding hydrogens is 304 g/mol. The molecular formula is C9H8BrClO3S. The molecule has 0 saturated carbocycles. The summed E-state index contributed by atoms with van der Waals surface area (Å²) in [7, 11) is -3.72. The van der Waals surface area contributed by atoms with Gasteiger partial charge in [-0.25, -0.2) is 8.42 Å². The molecule has 0 bridgehead atoms. The Morgan fingerprint density at radius 3 is 2.20 bits per heavy atom. The van der Waals surface area contributed by atoms with Gasteiger partial charge in [-0.3, -0.25) is 4.79 Å². The summed E-state index contributed by atoms with van der Waals surface area (Å²) in [6, 6.07) is 8.00. The summed E-state index contributed by atoms with van der Waals surface area (Å²) >= 11 is 8.41. The van der Waals surface area contributed by atoms with Crippen LogP contribution in [-0.4, -0.2) is 23.6 Å². The van der Waals surface area contributed by atoms with Crippen LogP contribution >= 0.6 is 27.5 Å². The van der Waals surface area contributed by atoms with Gasteiger partial charge in [0.15, 0.2) is 9.84 Å². The fourth-order valence-corrected chi connectivity index (χ4v) is 1.72. The van der Waals surface area contributed by atoms with E-state index < -0.39 is 18.7 Å². The third-order valence-corrected chi connectivity index (χ3v) is 6.02. The van der Waals surface area contributed by atoms with E-state index in [-0.39, 0.29) is 5.56 Å². The Morgan fingerprint density at radius 2 is 1.80 bits per heavy atom. The average molecular weight is 312 g/mol. The molecule has 0 amide bonds. The highest BCUT2D eigenvalue weighted by Crippen LogP contribution is 2.33. The molecule has 0 aliphatic rings. The SMILES string of the molecule is CS(=O)(=O)[C@](Cl)(Br)C(=O)c1ccccc1. The molecule has 1 aromatic carbocycles. The Kier molecular flexibility index (Phi) is 3.58. The minimum absolute atomic E-state index is 0.245. The Balaban J connectivity index is 3.17. The zero-order valence-electron chi connectivity index (χ0n) is 7.78. The van der Waals surface area contributed by atoms with Gasteiger partial charge in [0.05, 0.1) is 0 Å². The lowest BCUT2D eigenvalue weighted by atomic mass is 10.1. The zero-order valence-corrected chi connectivity index (χ0v) is 10.9. The van der Waals surface area contributed by atoms with Crippen molar-refractivity contribution >= 4 is 43.2 Å². The van der Waals surface area contributed by atoms with Gasteiger partial charge in [0.1, 0.15) is 0 Å². The van der Waals surface area contributed by atoms with Gasteiger partial charge in [-0.15, -0.1) is 0 Å². The molecule has 1 atom stereocenters. The Bertz CT molecular complexity index is 467. The van der Waals surface area contributed by atoms with Crippen LogP contribution in [0.3, 0.4) is 0 Å². The fraction of sp³-hybridized carbons (Fsp3) is 0.222. The van der Waals surface area contributed by atoms with E-state index in [1.807, 2.05) is 0 Å². The van der Waals surface area contributed by atoms with Crippen molar-refractivity contribution in [3.05, 3.63) is 35.9 Å². The summed E-state index contributed by atoms with van der Waals surface area (Å²) in [4.78, 5) is 11.8. The first kappa shape index (κ1) is 12.7. The predicted octanol–water partition coefficient (Wildman–Crippen LogP) is 2.20. The van der Waals surface area contributed by atoms with Crippen molar-refractivity contribution < 1.29 is 13.2 Å². The first-order valence-corrected chi connectivity index (χ1v) is 7.00. The molecule has 0 unspecified atom stereocenters. The van der Waals surface area contributed by atoms with E-state index in [4.69, 9.17) is 11.6 Å². The molecule has 0 radical (unpaired) electrons. The number of Topliss-reactive ketones (excluding diaryl/α,β-unsaturated/α-hetero) is 1. The summed E-state index contributed by atoms with van der Waals surface area (Å²) in [5, 5.41) is 0. The molecule has 1 rings (SSSR count). The number of carbonyl (C=O) groups excluding carboxylic acids is 1. The number of alkyl halides is 2. The molecule has 0 aliphatic carbocycles. The van der Waals surface area contributed by atoms with Crippen LogP contribution in [0, 0.1) is 0 Å². The fourth-order valence-electron chi connectivity index (χ4n) is 0.926. The molecule has 0 fully saturated rings. The highest BCUT2D eigenvalue weighted by Gasteiger charge is 2.44. The largest absolute Gasteiger partial charge is 0.290 e. The zero-order chi connectivity index (χ0) is 11.7. The molecule has 3 nitrogen and oxygen atoms in total. The van der Waals surface area contributed by atoms with E-state index in [1.54, 1.807) is 18.2 Å². The second-order valence-electron chi connectivity index (χ2n) is 2.98. The molecule has 0 aliphatic heterocycles. The number of hydrogen-bond donors (Lipinski definition) is 0. The van der Waals surface area contributed by atoms with E-state index in [0.717, 1.165) is 6.26 Å². The molecule has 82 valence electrons. The number of hydrogen-bond acceptors (Lipinski definition) is 3. The van der Waals surface area contributed by atoms with Gasteiger partial charge in [0.25, 0.3) is 3.12 Å². The van der Waals surface area contributed by atoms with Crippen molar-refractivity contribution in [1.29, 1.82) is 0 Å². The van der Waals surface area contributed by atoms with E-state index in [9.17, 15) is 13.2 Å². The maximum Gasteiger partial charge on any atom is 0.261 e. The maximum absolute atomic E-state index is 11.8. The van der Waals surface area contributed by atoms with Crippen LogP contribution in [0.2, 0.25) is 0 Å². The molecule has 0 aromatic heterocycles. The monoisotopic (exact) mass is 310 g/mol. The van der Waals surface area contributed by atoms with Crippen molar-refractivity contribution in [3.63, 3.8) is 0 Å². The normalized spacial score (nSPS) is 15.7. The number of sulfone groups is 1. The Labute approximate surface area is 101 Å². The third kappa shape index (κ3) is 2.59. The quantitative estimate of drug-likeness (QED) is 0.635. The summed E-state index contributed by atoms with van der Waals surface area (Å²) in [6.45, 7) is 0. The van der Waals surface area contributed by atoms with E-state index in [1.165, 1.54) is 12.1 Å². The second kappa shape index (κ2) is 4.23. The number of benzene rings is 1. The summed E-state index contributed by atoms with van der Waals surface area (Å²) in [6.07, 6.45) is 0.898. The summed E-state index contributed by atoms with van der Waals surface area (Å²) in [5.41, 5.74) is 0.245. The molecule has 0 saturated heterocycles. The highest BCUT2D eigenvalue weighted by molar-refractivity contribution is 9.12. The topological polar surface area (TPSA) is 51.2 Å². The van der Waals surface area contributed by atoms with Gasteiger partial charge in [-0.05, 0) is 15.9 Å². The number of halogens is 2. The smallest absolute Gasteiger partial charge is 0.261 e. The summed E-state index contributed by atoms with van der Waals surface area (Å²) < 4.78 is 20.5. The third-order valence-electron chi connectivity index (χ3n) is 1.77.